The summed E-state index contributed by atoms with van der Waals surface area (Å²) in [6, 6.07) is 0. The van der Waals surface area contributed by atoms with Gasteiger partial charge in [0.15, 0.2) is 5.79 Å². The van der Waals surface area contributed by atoms with Gasteiger partial charge in [-0.15, -0.1) is 0 Å². The van der Waals surface area contributed by atoms with Crippen LogP contribution in [0, 0.1) is 5.92 Å². The van der Waals surface area contributed by atoms with Crippen molar-refractivity contribution in [2.45, 2.75) is 75.6 Å². The molecular formula is C15H26O3. The van der Waals surface area contributed by atoms with Crippen LogP contribution in [0.4, 0.5) is 0 Å². The summed E-state index contributed by atoms with van der Waals surface area (Å²) in [5, 5.41) is 11.0. The zero-order valence-electron chi connectivity index (χ0n) is 11.3. The van der Waals surface area contributed by atoms with Crippen molar-refractivity contribution in [3.05, 3.63) is 0 Å². The van der Waals surface area contributed by atoms with Gasteiger partial charge in [-0.3, -0.25) is 0 Å². The first-order chi connectivity index (χ1) is 8.73. The molecule has 0 aromatic heterocycles. The van der Waals surface area contributed by atoms with Gasteiger partial charge in [-0.25, -0.2) is 0 Å². The first-order valence-corrected chi connectivity index (χ1v) is 7.73. The number of hydrogen-bond acceptors (Lipinski definition) is 3. The fourth-order valence-corrected chi connectivity index (χ4v) is 4.07. The highest BCUT2D eigenvalue weighted by atomic mass is 16.7. The molecule has 0 bridgehead atoms. The van der Waals surface area contributed by atoms with Crippen LogP contribution >= 0.6 is 0 Å². The van der Waals surface area contributed by atoms with Gasteiger partial charge in [-0.05, 0) is 31.6 Å². The van der Waals surface area contributed by atoms with E-state index in [4.69, 9.17) is 9.47 Å². The minimum atomic E-state index is -0.440. The molecule has 1 aliphatic heterocycles. The summed E-state index contributed by atoms with van der Waals surface area (Å²) in [5.74, 6) is 0.176. The van der Waals surface area contributed by atoms with Gasteiger partial charge in [0, 0.05) is 12.8 Å². The lowest BCUT2D eigenvalue weighted by atomic mass is 9.71. The Morgan fingerprint density at radius 2 is 1.33 bits per heavy atom. The van der Waals surface area contributed by atoms with Crippen molar-refractivity contribution in [1.29, 1.82) is 0 Å². The third-order valence-corrected chi connectivity index (χ3v) is 5.31. The van der Waals surface area contributed by atoms with Crippen LogP contribution in [-0.4, -0.2) is 29.7 Å². The molecular weight excluding hydrogens is 228 g/mol. The summed E-state index contributed by atoms with van der Waals surface area (Å²) in [6.45, 7) is 1.45. The molecule has 1 heterocycles. The van der Waals surface area contributed by atoms with Crippen LogP contribution in [0.25, 0.3) is 0 Å². The SMILES string of the molecule is OC1(C2CCCCCC2)CCC2(CC1)OCCO2. The van der Waals surface area contributed by atoms with E-state index in [2.05, 4.69) is 0 Å². The lowest BCUT2D eigenvalue weighted by molar-refractivity contribution is -0.211. The van der Waals surface area contributed by atoms with E-state index in [0.29, 0.717) is 5.92 Å². The zero-order chi connectivity index (χ0) is 12.5. The van der Waals surface area contributed by atoms with Gasteiger partial charge in [0.25, 0.3) is 0 Å². The van der Waals surface area contributed by atoms with Crippen molar-refractivity contribution in [3.8, 4) is 0 Å². The van der Waals surface area contributed by atoms with E-state index in [1.165, 1.54) is 38.5 Å². The van der Waals surface area contributed by atoms with Crippen LogP contribution in [0.1, 0.15) is 64.2 Å². The maximum absolute atomic E-state index is 11.0. The standard InChI is InChI=1S/C15H26O3/c16-14(13-5-3-1-2-4-6-13)7-9-15(10-8-14)17-11-12-18-15/h13,16H,1-12H2. The molecule has 1 N–H and O–H groups in total. The van der Waals surface area contributed by atoms with Gasteiger partial charge < -0.3 is 14.6 Å². The van der Waals surface area contributed by atoms with Crippen LogP contribution in [0.5, 0.6) is 0 Å². The van der Waals surface area contributed by atoms with Crippen LogP contribution in [-0.2, 0) is 9.47 Å². The average Bonchev–Trinajstić information content (AvgIpc) is 2.66. The van der Waals surface area contributed by atoms with Gasteiger partial charge in [0.1, 0.15) is 0 Å². The molecule has 104 valence electrons. The van der Waals surface area contributed by atoms with Crippen LogP contribution in [0.2, 0.25) is 0 Å². The Kier molecular flexibility index (Phi) is 3.65. The van der Waals surface area contributed by atoms with Crippen molar-refractivity contribution in [1.82, 2.24) is 0 Å². The second-order valence-electron chi connectivity index (χ2n) is 6.40. The summed E-state index contributed by atoms with van der Waals surface area (Å²) >= 11 is 0. The van der Waals surface area contributed by atoms with E-state index >= 15 is 0 Å². The fraction of sp³-hybridized carbons (Fsp3) is 1.00. The molecule has 0 radical (unpaired) electrons. The van der Waals surface area contributed by atoms with Crippen LogP contribution in [0.3, 0.4) is 0 Å². The molecule has 0 amide bonds. The predicted octanol–water partition coefficient (Wildman–Crippen LogP) is 3.01. The maximum atomic E-state index is 11.0. The normalized spacial score (nSPS) is 32.5. The molecule has 1 saturated heterocycles. The summed E-state index contributed by atoms with van der Waals surface area (Å²) in [6.07, 6.45) is 11.2. The minimum Gasteiger partial charge on any atom is -0.390 e. The first kappa shape index (κ1) is 12.9. The Morgan fingerprint density at radius 1 is 0.778 bits per heavy atom. The molecule has 3 rings (SSSR count). The van der Waals surface area contributed by atoms with E-state index in [9.17, 15) is 5.11 Å². The molecule has 2 saturated carbocycles. The van der Waals surface area contributed by atoms with Crippen molar-refractivity contribution in [2.75, 3.05) is 13.2 Å². The molecule has 3 nitrogen and oxygen atoms in total. The Balaban J connectivity index is 1.62. The van der Waals surface area contributed by atoms with Crippen molar-refractivity contribution >= 4 is 0 Å². The van der Waals surface area contributed by atoms with Gasteiger partial charge in [0.2, 0.25) is 0 Å². The fourth-order valence-electron chi connectivity index (χ4n) is 4.07. The second kappa shape index (κ2) is 5.10. The van der Waals surface area contributed by atoms with E-state index in [-0.39, 0.29) is 5.79 Å². The number of hydrogen-bond donors (Lipinski definition) is 1. The summed E-state index contributed by atoms with van der Waals surface area (Å²) < 4.78 is 11.5. The summed E-state index contributed by atoms with van der Waals surface area (Å²) in [7, 11) is 0. The lowest BCUT2D eigenvalue weighted by Crippen LogP contribution is -2.47. The third-order valence-electron chi connectivity index (χ3n) is 5.31. The van der Waals surface area contributed by atoms with Crippen LogP contribution in [0.15, 0.2) is 0 Å². The highest BCUT2D eigenvalue weighted by Crippen LogP contribution is 2.46. The molecule has 3 aliphatic rings. The molecule has 2 aliphatic carbocycles. The van der Waals surface area contributed by atoms with Crippen molar-refractivity contribution in [3.63, 3.8) is 0 Å². The van der Waals surface area contributed by atoms with E-state index in [1.807, 2.05) is 0 Å². The maximum Gasteiger partial charge on any atom is 0.168 e. The smallest absolute Gasteiger partial charge is 0.168 e. The monoisotopic (exact) mass is 254 g/mol. The quantitative estimate of drug-likeness (QED) is 0.731. The van der Waals surface area contributed by atoms with E-state index in [1.54, 1.807) is 0 Å². The third kappa shape index (κ3) is 2.45. The topological polar surface area (TPSA) is 38.7 Å². The highest BCUT2D eigenvalue weighted by molar-refractivity contribution is 4.95. The Hall–Kier alpha value is -0.120. The highest BCUT2D eigenvalue weighted by Gasteiger charge is 2.48. The van der Waals surface area contributed by atoms with Gasteiger partial charge in [-0.1, -0.05) is 25.7 Å². The predicted molar refractivity (Wildman–Crippen MR) is 69.2 cm³/mol. The number of rotatable bonds is 1. The molecule has 0 unspecified atom stereocenters. The Bertz CT molecular complexity index is 265. The molecule has 3 heteroatoms. The van der Waals surface area contributed by atoms with Crippen molar-refractivity contribution in [2.24, 2.45) is 5.92 Å². The molecule has 18 heavy (non-hydrogen) atoms. The Morgan fingerprint density at radius 3 is 1.89 bits per heavy atom. The minimum absolute atomic E-state index is 0.336. The van der Waals surface area contributed by atoms with Gasteiger partial charge in [-0.2, -0.15) is 0 Å². The van der Waals surface area contributed by atoms with E-state index in [0.717, 1.165) is 38.9 Å². The first-order valence-electron chi connectivity index (χ1n) is 7.73. The average molecular weight is 254 g/mol. The van der Waals surface area contributed by atoms with Crippen LogP contribution < -0.4 is 0 Å². The number of aliphatic hydroxyl groups is 1. The second-order valence-corrected chi connectivity index (χ2v) is 6.40. The van der Waals surface area contributed by atoms with Gasteiger partial charge in [0.05, 0.1) is 18.8 Å². The van der Waals surface area contributed by atoms with E-state index < -0.39 is 5.60 Å². The largest absolute Gasteiger partial charge is 0.390 e. The Labute approximate surface area is 110 Å². The molecule has 0 aromatic rings. The van der Waals surface area contributed by atoms with Crippen molar-refractivity contribution < 1.29 is 14.6 Å². The lowest BCUT2D eigenvalue weighted by Gasteiger charge is -2.44. The zero-order valence-corrected chi connectivity index (χ0v) is 11.3. The van der Waals surface area contributed by atoms with Gasteiger partial charge >= 0.3 is 0 Å². The summed E-state index contributed by atoms with van der Waals surface area (Å²) in [4.78, 5) is 0. The molecule has 0 atom stereocenters. The molecule has 1 spiro atoms. The molecule has 0 aromatic carbocycles. The summed E-state index contributed by atoms with van der Waals surface area (Å²) in [5.41, 5.74) is -0.440. The molecule has 3 fully saturated rings. The number of ether oxygens (including phenoxy) is 2.